The zero-order chi connectivity index (χ0) is 23.9. The number of carbonyl (C=O) groups is 1. The smallest absolute Gasteiger partial charge is 0.176 e. The van der Waals surface area contributed by atoms with Crippen molar-refractivity contribution < 1.29 is 9.28 Å². The Bertz CT molecular complexity index is 1270. The third-order valence-electron chi connectivity index (χ3n) is 7.17. The Labute approximate surface area is 203 Å². The van der Waals surface area contributed by atoms with E-state index in [0.29, 0.717) is 5.57 Å². The lowest BCUT2D eigenvalue weighted by molar-refractivity contribution is -0.113. The molecular weight excluding hydrogens is 445 g/mol. The first-order valence-corrected chi connectivity index (χ1v) is 12.3. The molecule has 1 fully saturated rings. The van der Waals surface area contributed by atoms with Gasteiger partial charge in [0.2, 0.25) is 0 Å². The number of halogens is 1. The number of aromatic nitrogens is 3. The number of nitrogens with zero attached hydrogens (tertiary/aromatic N) is 6. The SMILES string of the molecule is CCCn1ncnc1C1C2=C3C(=CC1c1ccc(CN4CCC4)cc1)C=NN(F)C3=CC(=O)CN2. The van der Waals surface area contributed by atoms with E-state index in [0.717, 1.165) is 55.3 Å². The fraction of sp³-hybridized carbons (Fsp3) is 0.385. The van der Waals surface area contributed by atoms with Crippen LogP contribution in [-0.4, -0.2) is 56.5 Å². The van der Waals surface area contributed by atoms with E-state index in [2.05, 4.69) is 62.7 Å². The number of hydrazone groups is 1. The molecule has 0 saturated carbocycles. The molecule has 1 aliphatic carbocycles. The standard InChI is InChI=1S/C26H28FN7O/c1-2-8-33-26(29-16-31-33)24-21(18-6-4-17(5-7-18)15-32-9-3-10-32)11-19-13-30-34(27)22-12-20(35)14-28-25(24)23(19)22/h4-7,11-13,16,21,24,28H,2-3,8-10,14-15H2,1H3. The predicted octanol–water partition coefficient (Wildman–Crippen LogP) is 3.20. The Balaban J connectivity index is 1.46. The highest BCUT2D eigenvalue weighted by Crippen LogP contribution is 2.47. The van der Waals surface area contributed by atoms with Crippen molar-refractivity contribution in [2.75, 3.05) is 19.6 Å². The number of ketones is 1. The number of hydrogen-bond donors (Lipinski definition) is 1. The average molecular weight is 474 g/mol. The van der Waals surface area contributed by atoms with E-state index in [4.69, 9.17) is 0 Å². The molecule has 0 radical (unpaired) electrons. The molecule has 0 amide bonds. The number of hydrogen-bond acceptors (Lipinski definition) is 7. The second kappa shape index (κ2) is 8.88. The van der Waals surface area contributed by atoms with Gasteiger partial charge in [0.1, 0.15) is 17.8 Å². The Morgan fingerprint density at radius 2 is 2.03 bits per heavy atom. The average Bonchev–Trinajstić information content (AvgIpc) is 3.21. The molecular formula is C26H28FN7O. The van der Waals surface area contributed by atoms with Gasteiger partial charge in [0, 0.05) is 41.9 Å². The summed E-state index contributed by atoms with van der Waals surface area (Å²) < 4.78 is 16.7. The largest absolute Gasteiger partial charge is 0.380 e. The maximum absolute atomic E-state index is 14.7. The van der Waals surface area contributed by atoms with E-state index >= 15 is 0 Å². The molecule has 35 heavy (non-hydrogen) atoms. The van der Waals surface area contributed by atoms with Crippen molar-refractivity contribution in [2.24, 2.45) is 5.10 Å². The fourth-order valence-electron chi connectivity index (χ4n) is 5.35. The van der Waals surface area contributed by atoms with Crippen molar-refractivity contribution in [1.29, 1.82) is 0 Å². The van der Waals surface area contributed by atoms with Crippen LogP contribution >= 0.6 is 0 Å². The number of benzene rings is 1. The van der Waals surface area contributed by atoms with E-state index in [1.165, 1.54) is 24.3 Å². The molecule has 2 unspecified atom stereocenters. The normalized spacial score (nSPS) is 23.8. The van der Waals surface area contributed by atoms with Crippen molar-refractivity contribution in [3.05, 3.63) is 82.2 Å². The van der Waals surface area contributed by atoms with Crippen molar-refractivity contribution in [3.8, 4) is 0 Å². The Morgan fingerprint density at radius 1 is 1.20 bits per heavy atom. The van der Waals surface area contributed by atoms with Gasteiger partial charge in [-0.05, 0) is 37.1 Å². The topological polar surface area (TPSA) is 78.7 Å². The first-order chi connectivity index (χ1) is 17.1. The Morgan fingerprint density at radius 3 is 2.77 bits per heavy atom. The summed E-state index contributed by atoms with van der Waals surface area (Å²) in [5, 5.41) is 12.0. The minimum Gasteiger partial charge on any atom is -0.380 e. The Hall–Kier alpha value is -3.59. The van der Waals surface area contributed by atoms with Crippen LogP contribution in [0.4, 0.5) is 4.48 Å². The fourth-order valence-corrected chi connectivity index (χ4v) is 5.35. The van der Waals surface area contributed by atoms with E-state index in [1.54, 1.807) is 6.33 Å². The van der Waals surface area contributed by atoms with Crippen LogP contribution in [0, 0.1) is 0 Å². The summed E-state index contributed by atoms with van der Waals surface area (Å²) >= 11 is 0. The number of rotatable bonds is 6. The summed E-state index contributed by atoms with van der Waals surface area (Å²) in [7, 11) is 0. The molecule has 2 atom stereocenters. The van der Waals surface area contributed by atoms with Gasteiger partial charge in [0.25, 0.3) is 0 Å². The first kappa shape index (κ1) is 21.9. The zero-order valence-electron chi connectivity index (χ0n) is 19.7. The third-order valence-corrected chi connectivity index (χ3v) is 7.17. The highest BCUT2D eigenvalue weighted by atomic mass is 19.2. The summed E-state index contributed by atoms with van der Waals surface area (Å²) in [6.07, 6.45) is 8.75. The quantitative estimate of drug-likeness (QED) is 0.650. The van der Waals surface area contributed by atoms with Gasteiger partial charge < -0.3 is 5.32 Å². The summed E-state index contributed by atoms with van der Waals surface area (Å²) in [6.45, 7) is 6.20. The van der Waals surface area contributed by atoms with E-state index in [9.17, 15) is 9.28 Å². The van der Waals surface area contributed by atoms with E-state index < -0.39 is 0 Å². The number of carbonyl (C=O) groups excluding carboxylic acids is 1. The lowest BCUT2D eigenvalue weighted by Gasteiger charge is -2.36. The van der Waals surface area contributed by atoms with Crippen LogP contribution < -0.4 is 5.32 Å². The second-order valence-electron chi connectivity index (χ2n) is 9.48. The monoisotopic (exact) mass is 473 g/mol. The van der Waals surface area contributed by atoms with Crippen LogP contribution in [0.3, 0.4) is 0 Å². The van der Waals surface area contributed by atoms with Crippen molar-refractivity contribution in [3.63, 3.8) is 0 Å². The number of allylic oxidation sites excluding steroid dienone is 3. The minimum absolute atomic E-state index is 0.0822. The van der Waals surface area contributed by atoms with E-state index in [-0.39, 0.29) is 35.1 Å². The lowest BCUT2D eigenvalue weighted by atomic mass is 9.74. The van der Waals surface area contributed by atoms with Gasteiger partial charge in [-0.2, -0.15) is 5.10 Å². The molecule has 0 bridgehead atoms. The molecule has 8 nitrogen and oxygen atoms in total. The van der Waals surface area contributed by atoms with Gasteiger partial charge >= 0.3 is 0 Å². The van der Waals surface area contributed by atoms with Crippen molar-refractivity contribution in [1.82, 2.24) is 30.2 Å². The lowest BCUT2D eigenvalue weighted by Crippen LogP contribution is -2.36. The summed E-state index contributed by atoms with van der Waals surface area (Å²) in [6, 6.07) is 8.74. The summed E-state index contributed by atoms with van der Waals surface area (Å²) in [5.74, 6) is 0.266. The highest BCUT2D eigenvalue weighted by Gasteiger charge is 2.41. The van der Waals surface area contributed by atoms with Gasteiger partial charge in [0.05, 0.1) is 18.7 Å². The van der Waals surface area contributed by atoms with Gasteiger partial charge in [-0.1, -0.05) is 47.0 Å². The second-order valence-corrected chi connectivity index (χ2v) is 9.48. The van der Waals surface area contributed by atoms with Crippen LogP contribution in [0.25, 0.3) is 0 Å². The molecule has 4 heterocycles. The van der Waals surface area contributed by atoms with Gasteiger partial charge in [-0.3, -0.25) is 9.69 Å². The van der Waals surface area contributed by atoms with Crippen LogP contribution in [0.1, 0.15) is 48.6 Å². The molecule has 1 aromatic carbocycles. The van der Waals surface area contributed by atoms with Crippen LogP contribution in [0.5, 0.6) is 0 Å². The van der Waals surface area contributed by atoms with Crippen LogP contribution in [0.2, 0.25) is 0 Å². The summed E-state index contributed by atoms with van der Waals surface area (Å²) in [5.41, 5.74) is 4.83. The number of aryl methyl sites for hydroxylation is 1. The van der Waals surface area contributed by atoms with E-state index in [1.807, 2.05) is 4.68 Å². The summed E-state index contributed by atoms with van der Waals surface area (Å²) in [4.78, 5) is 19.6. The molecule has 4 aliphatic rings. The number of nitrogens with one attached hydrogen (secondary N) is 1. The zero-order valence-corrected chi connectivity index (χ0v) is 19.7. The molecule has 6 rings (SSSR count). The molecule has 1 N–H and O–H groups in total. The first-order valence-electron chi connectivity index (χ1n) is 12.3. The van der Waals surface area contributed by atoms with Gasteiger partial charge in [0.15, 0.2) is 5.78 Å². The van der Waals surface area contributed by atoms with Crippen molar-refractivity contribution in [2.45, 2.75) is 44.7 Å². The van der Waals surface area contributed by atoms with Crippen LogP contribution in [0.15, 0.2) is 70.4 Å². The maximum atomic E-state index is 14.7. The van der Waals surface area contributed by atoms with Crippen molar-refractivity contribution >= 4 is 12.0 Å². The minimum atomic E-state index is -0.252. The molecule has 3 aliphatic heterocycles. The molecule has 0 spiro atoms. The van der Waals surface area contributed by atoms with Gasteiger partial charge in [-0.15, -0.1) is 5.10 Å². The molecule has 1 aromatic heterocycles. The maximum Gasteiger partial charge on any atom is 0.176 e. The molecule has 2 aromatic rings. The number of likely N-dealkylation sites (tertiary alicyclic amines) is 1. The highest BCUT2D eigenvalue weighted by molar-refractivity contribution is 5.97. The molecule has 1 saturated heterocycles. The molecule has 180 valence electrons. The Kier molecular flexibility index (Phi) is 5.56. The molecule has 9 heteroatoms. The predicted molar refractivity (Wildman–Crippen MR) is 130 cm³/mol. The third kappa shape index (κ3) is 3.89. The van der Waals surface area contributed by atoms with Crippen LogP contribution in [-0.2, 0) is 17.9 Å². The van der Waals surface area contributed by atoms with Gasteiger partial charge in [-0.25, -0.2) is 9.67 Å².